The Morgan fingerprint density at radius 3 is 2.67 bits per heavy atom. The van der Waals surface area contributed by atoms with Crippen molar-refractivity contribution in [2.24, 2.45) is 0 Å². The summed E-state index contributed by atoms with van der Waals surface area (Å²) in [4.78, 5) is 12.7. The second-order valence-electron chi connectivity index (χ2n) is 3.96. The molecule has 3 nitrogen and oxygen atoms in total. The number of hydrogen-bond donors (Lipinski definition) is 2. The first-order valence-electron chi connectivity index (χ1n) is 5.17. The summed E-state index contributed by atoms with van der Waals surface area (Å²) in [5.41, 5.74) is 0. The van der Waals surface area contributed by atoms with Crippen LogP contribution in [0.15, 0.2) is 17.5 Å². The van der Waals surface area contributed by atoms with Crippen molar-refractivity contribution in [3.05, 3.63) is 22.4 Å². The van der Waals surface area contributed by atoms with Gasteiger partial charge in [0.05, 0.1) is 0 Å². The first-order valence-corrected chi connectivity index (χ1v) is 6.05. The van der Waals surface area contributed by atoms with Gasteiger partial charge in [-0.15, -0.1) is 11.3 Å². The van der Waals surface area contributed by atoms with Gasteiger partial charge in [0.25, 0.3) is 0 Å². The second-order valence-corrected chi connectivity index (χ2v) is 4.99. The molecule has 0 aromatic carbocycles. The normalized spacial score (nSPS) is 12.5. The number of hydrogen-bond acceptors (Lipinski definition) is 2. The lowest BCUT2D eigenvalue weighted by atomic mass is 10.2. The first-order chi connectivity index (χ1) is 7.08. The van der Waals surface area contributed by atoms with Crippen molar-refractivity contribution in [2.75, 3.05) is 0 Å². The molecule has 4 heteroatoms. The average molecular weight is 226 g/mol. The molecule has 0 aliphatic carbocycles. The van der Waals surface area contributed by atoms with Gasteiger partial charge in [0.15, 0.2) is 0 Å². The first kappa shape index (κ1) is 12.0. The minimum atomic E-state index is -0.0888. The summed E-state index contributed by atoms with van der Waals surface area (Å²) >= 11 is 1.72. The fourth-order valence-corrected chi connectivity index (χ4v) is 2.14. The van der Waals surface area contributed by atoms with Crippen molar-refractivity contribution in [1.82, 2.24) is 10.6 Å². The Labute approximate surface area is 94.9 Å². The molecule has 1 heterocycles. The van der Waals surface area contributed by atoms with Crippen LogP contribution < -0.4 is 10.6 Å². The molecule has 1 rings (SSSR count). The van der Waals surface area contributed by atoms with Crippen LogP contribution in [0, 0.1) is 0 Å². The van der Waals surface area contributed by atoms with Crippen LogP contribution in [0.2, 0.25) is 0 Å². The Hall–Kier alpha value is -1.03. The summed E-state index contributed by atoms with van der Waals surface area (Å²) in [7, 11) is 0. The third-order valence-corrected chi connectivity index (χ3v) is 2.78. The summed E-state index contributed by atoms with van der Waals surface area (Å²) in [5, 5.41) is 7.76. The molecule has 0 saturated heterocycles. The number of carbonyl (C=O) groups excluding carboxylic acids is 1. The highest BCUT2D eigenvalue weighted by Gasteiger charge is 2.08. The van der Waals surface area contributed by atoms with Crippen molar-refractivity contribution in [1.29, 1.82) is 0 Å². The van der Waals surface area contributed by atoms with E-state index in [1.165, 1.54) is 4.88 Å². The molecule has 0 aliphatic rings. The molecule has 2 N–H and O–H groups in total. The van der Waals surface area contributed by atoms with Gasteiger partial charge in [-0.1, -0.05) is 6.07 Å². The fourth-order valence-electron chi connectivity index (χ4n) is 1.31. The molecule has 0 bridgehead atoms. The number of rotatable bonds is 4. The maximum absolute atomic E-state index is 11.4. The Kier molecular flexibility index (Phi) is 4.62. The highest BCUT2D eigenvalue weighted by atomic mass is 32.1. The molecule has 2 amide bonds. The summed E-state index contributed by atoms with van der Waals surface area (Å²) < 4.78 is 0. The monoisotopic (exact) mass is 226 g/mol. The largest absolute Gasteiger partial charge is 0.336 e. The van der Waals surface area contributed by atoms with Crippen LogP contribution in [-0.2, 0) is 6.42 Å². The van der Waals surface area contributed by atoms with Gasteiger partial charge in [0.1, 0.15) is 0 Å². The smallest absolute Gasteiger partial charge is 0.315 e. The maximum atomic E-state index is 11.4. The molecule has 0 radical (unpaired) electrons. The molecule has 0 aliphatic heterocycles. The van der Waals surface area contributed by atoms with Crippen LogP contribution in [0.4, 0.5) is 4.79 Å². The van der Waals surface area contributed by atoms with E-state index in [1.807, 2.05) is 26.8 Å². The third-order valence-electron chi connectivity index (χ3n) is 1.88. The predicted molar refractivity (Wildman–Crippen MR) is 64.3 cm³/mol. The Balaban J connectivity index is 2.29. The predicted octanol–water partition coefficient (Wildman–Crippen LogP) is 2.39. The highest BCUT2D eigenvalue weighted by molar-refractivity contribution is 7.09. The van der Waals surface area contributed by atoms with Crippen LogP contribution in [0.1, 0.15) is 25.6 Å². The van der Waals surface area contributed by atoms with E-state index in [1.54, 1.807) is 11.3 Å². The van der Waals surface area contributed by atoms with Crippen LogP contribution in [0.25, 0.3) is 0 Å². The van der Waals surface area contributed by atoms with Gasteiger partial charge in [0.2, 0.25) is 0 Å². The van der Waals surface area contributed by atoms with E-state index >= 15 is 0 Å². The van der Waals surface area contributed by atoms with E-state index in [2.05, 4.69) is 22.1 Å². The van der Waals surface area contributed by atoms with Crippen molar-refractivity contribution in [3.8, 4) is 0 Å². The van der Waals surface area contributed by atoms with Crippen molar-refractivity contribution in [3.63, 3.8) is 0 Å². The molecule has 0 fully saturated rings. The Bertz CT molecular complexity index is 296. The molecule has 1 unspecified atom stereocenters. The number of urea groups is 1. The van der Waals surface area contributed by atoms with Crippen molar-refractivity contribution < 1.29 is 4.79 Å². The molecule has 15 heavy (non-hydrogen) atoms. The van der Waals surface area contributed by atoms with Gasteiger partial charge in [-0.3, -0.25) is 0 Å². The molecular weight excluding hydrogens is 208 g/mol. The summed E-state index contributed by atoms with van der Waals surface area (Å²) in [5.74, 6) is 0. The zero-order valence-corrected chi connectivity index (χ0v) is 10.2. The quantitative estimate of drug-likeness (QED) is 0.813. The average Bonchev–Trinajstić information content (AvgIpc) is 2.53. The van der Waals surface area contributed by atoms with Crippen LogP contribution in [0.3, 0.4) is 0 Å². The molecule has 0 saturated carbocycles. The van der Waals surface area contributed by atoms with Crippen LogP contribution in [-0.4, -0.2) is 18.1 Å². The standard InChI is InChI=1S/C11H18N2OS/c1-8(2)12-11(14)13-9(3)7-10-5-4-6-15-10/h4-6,8-9H,7H2,1-3H3,(H2,12,13,14). The number of amides is 2. The van der Waals surface area contributed by atoms with Crippen LogP contribution in [0.5, 0.6) is 0 Å². The summed E-state index contributed by atoms with van der Waals surface area (Å²) in [6.45, 7) is 5.91. The van der Waals surface area contributed by atoms with Crippen molar-refractivity contribution >= 4 is 17.4 Å². The van der Waals surface area contributed by atoms with Gasteiger partial charge in [-0.2, -0.15) is 0 Å². The van der Waals surface area contributed by atoms with E-state index in [4.69, 9.17) is 0 Å². The van der Waals surface area contributed by atoms with E-state index in [9.17, 15) is 4.79 Å². The van der Waals surface area contributed by atoms with Gasteiger partial charge in [-0.05, 0) is 32.2 Å². The summed E-state index contributed by atoms with van der Waals surface area (Å²) in [6.07, 6.45) is 0.892. The zero-order valence-electron chi connectivity index (χ0n) is 9.41. The minimum absolute atomic E-state index is 0.0888. The fraction of sp³-hybridized carbons (Fsp3) is 0.545. The van der Waals surface area contributed by atoms with E-state index in [-0.39, 0.29) is 18.1 Å². The molecule has 0 spiro atoms. The summed E-state index contributed by atoms with van der Waals surface area (Å²) in [6, 6.07) is 4.37. The number of nitrogens with one attached hydrogen (secondary N) is 2. The van der Waals surface area contributed by atoms with E-state index in [0.29, 0.717) is 0 Å². The van der Waals surface area contributed by atoms with E-state index < -0.39 is 0 Å². The molecule has 84 valence electrons. The van der Waals surface area contributed by atoms with Gasteiger partial charge in [-0.25, -0.2) is 4.79 Å². The lowest BCUT2D eigenvalue weighted by Crippen LogP contribution is -2.44. The highest BCUT2D eigenvalue weighted by Crippen LogP contribution is 2.10. The van der Waals surface area contributed by atoms with Gasteiger partial charge < -0.3 is 10.6 Å². The van der Waals surface area contributed by atoms with E-state index in [0.717, 1.165) is 6.42 Å². The maximum Gasteiger partial charge on any atom is 0.315 e. The molecule has 1 aromatic rings. The van der Waals surface area contributed by atoms with Crippen molar-refractivity contribution in [2.45, 2.75) is 39.3 Å². The topological polar surface area (TPSA) is 41.1 Å². The van der Waals surface area contributed by atoms with Gasteiger partial charge in [0, 0.05) is 23.4 Å². The molecule has 1 aromatic heterocycles. The third kappa shape index (κ3) is 4.83. The Morgan fingerprint density at radius 1 is 1.40 bits per heavy atom. The minimum Gasteiger partial charge on any atom is -0.336 e. The molecular formula is C11H18N2OS. The SMILES string of the molecule is CC(C)NC(=O)NC(C)Cc1cccs1. The Morgan fingerprint density at radius 2 is 2.13 bits per heavy atom. The second kappa shape index (κ2) is 5.75. The number of thiophene rings is 1. The molecule has 1 atom stereocenters. The lowest BCUT2D eigenvalue weighted by molar-refractivity contribution is 0.235. The number of carbonyl (C=O) groups is 1. The van der Waals surface area contributed by atoms with Gasteiger partial charge >= 0.3 is 6.03 Å². The lowest BCUT2D eigenvalue weighted by Gasteiger charge is -2.15. The zero-order chi connectivity index (χ0) is 11.3. The van der Waals surface area contributed by atoms with Crippen LogP contribution >= 0.6 is 11.3 Å².